The highest BCUT2D eigenvalue weighted by atomic mass is 32.2. The smallest absolute Gasteiger partial charge is 0.262 e. The summed E-state index contributed by atoms with van der Waals surface area (Å²) in [5, 5.41) is 0. The molecule has 2 aromatic carbocycles. The lowest BCUT2D eigenvalue weighted by atomic mass is 10.1. The predicted molar refractivity (Wildman–Crippen MR) is 126 cm³/mol. The molecule has 1 aliphatic heterocycles. The van der Waals surface area contributed by atoms with Crippen LogP contribution in [0, 0.1) is 20.8 Å². The van der Waals surface area contributed by atoms with Gasteiger partial charge in [0.15, 0.2) is 0 Å². The van der Waals surface area contributed by atoms with E-state index in [1.54, 1.807) is 56.0 Å². The zero-order chi connectivity index (χ0) is 23.7. The average molecular weight is 480 g/mol. The Bertz CT molecular complexity index is 1250. The monoisotopic (exact) mass is 479 g/mol. The van der Waals surface area contributed by atoms with Gasteiger partial charge in [0.2, 0.25) is 10.0 Å². The molecule has 174 valence electrons. The molecule has 1 heterocycles. The van der Waals surface area contributed by atoms with Crippen molar-refractivity contribution in [2.24, 2.45) is 0 Å². The van der Waals surface area contributed by atoms with E-state index in [4.69, 9.17) is 0 Å². The van der Waals surface area contributed by atoms with Crippen molar-refractivity contribution in [1.82, 2.24) is 4.90 Å². The van der Waals surface area contributed by atoms with Crippen LogP contribution in [0.2, 0.25) is 0 Å². The van der Waals surface area contributed by atoms with E-state index in [9.17, 15) is 21.6 Å². The average Bonchev–Trinajstić information content (AvgIpc) is 2.70. The number of sulfonamides is 2. The van der Waals surface area contributed by atoms with Crippen LogP contribution < -0.4 is 9.44 Å². The van der Waals surface area contributed by atoms with Crippen LogP contribution in [0.4, 0.5) is 11.4 Å². The molecular formula is C22H29N3O5S2. The molecule has 32 heavy (non-hydrogen) atoms. The van der Waals surface area contributed by atoms with Crippen molar-refractivity contribution in [2.45, 2.75) is 44.9 Å². The van der Waals surface area contributed by atoms with Crippen molar-refractivity contribution >= 4 is 37.3 Å². The van der Waals surface area contributed by atoms with Gasteiger partial charge in [0.25, 0.3) is 15.9 Å². The number of carbonyl (C=O) groups excluding carboxylic acids is 1. The minimum Gasteiger partial charge on any atom is -0.339 e. The quantitative estimate of drug-likeness (QED) is 0.659. The lowest BCUT2D eigenvalue weighted by molar-refractivity contribution is 0.0725. The number of likely N-dealkylation sites (tertiary alicyclic amines) is 1. The summed E-state index contributed by atoms with van der Waals surface area (Å²) in [5.41, 5.74) is 2.10. The largest absolute Gasteiger partial charge is 0.339 e. The number of anilines is 2. The van der Waals surface area contributed by atoms with E-state index < -0.39 is 20.0 Å². The maximum absolute atomic E-state index is 13.4. The molecule has 1 amide bonds. The number of rotatable bonds is 6. The maximum Gasteiger partial charge on any atom is 0.262 e. The molecule has 2 aromatic rings. The molecule has 8 nitrogen and oxygen atoms in total. The van der Waals surface area contributed by atoms with Crippen LogP contribution in [0.3, 0.4) is 0 Å². The van der Waals surface area contributed by atoms with Crippen LogP contribution >= 0.6 is 0 Å². The van der Waals surface area contributed by atoms with Crippen LogP contribution in [0.5, 0.6) is 0 Å². The fourth-order valence-electron chi connectivity index (χ4n) is 4.15. The Hall–Kier alpha value is -2.59. The summed E-state index contributed by atoms with van der Waals surface area (Å²) in [7, 11) is -7.71. The molecule has 3 rings (SSSR count). The summed E-state index contributed by atoms with van der Waals surface area (Å²) in [6, 6.07) is 8.16. The molecule has 0 unspecified atom stereocenters. The number of para-hydroxylation sites is 1. The van der Waals surface area contributed by atoms with E-state index in [0.29, 0.717) is 29.8 Å². The number of amides is 1. The molecule has 0 radical (unpaired) electrons. The molecule has 1 aliphatic rings. The van der Waals surface area contributed by atoms with E-state index in [1.807, 2.05) is 0 Å². The zero-order valence-corrected chi connectivity index (χ0v) is 20.4. The number of carbonyl (C=O) groups is 1. The molecule has 2 N–H and O–H groups in total. The van der Waals surface area contributed by atoms with E-state index in [-0.39, 0.29) is 27.7 Å². The number of hydrogen-bond acceptors (Lipinski definition) is 5. The summed E-state index contributed by atoms with van der Waals surface area (Å²) in [5.74, 6) is -0.209. The Morgan fingerprint density at radius 2 is 1.53 bits per heavy atom. The van der Waals surface area contributed by atoms with Crippen molar-refractivity contribution in [1.29, 1.82) is 0 Å². The van der Waals surface area contributed by atoms with Crippen molar-refractivity contribution in [3.63, 3.8) is 0 Å². The summed E-state index contributed by atoms with van der Waals surface area (Å²) in [4.78, 5) is 14.8. The van der Waals surface area contributed by atoms with Crippen molar-refractivity contribution in [3.05, 3.63) is 52.6 Å². The molecule has 0 atom stereocenters. The van der Waals surface area contributed by atoms with Crippen LogP contribution in [0.15, 0.2) is 35.2 Å². The molecule has 0 bridgehead atoms. The summed E-state index contributed by atoms with van der Waals surface area (Å²) in [6.45, 7) is 6.23. The number of nitrogens with zero attached hydrogens (tertiary/aromatic N) is 1. The fourth-order valence-corrected chi connectivity index (χ4v) is 6.39. The minimum atomic E-state index is -4.11. The third-order valence-electron chi connectivity index (χ3n) is 5.50. The van der Waals surface area contributed by atoms with Crippen molar-refractivity contribution in [3.8, 4) is 0 Å². The Morgan fingerprint density at radius 3 is 2.16 bits per heavy atom. The van der Waals surface area contributed by atoms with Gasteiger partial charge in [0.1, 0.15) is 0 Å². The molecule has 0 aromatic heterocycles. The standard InChI is InChI=1S/C22H29N3O5S2/c1-15-14-16(2)21(17(3)20(15)24-31(4,27)28)32(29,30)23-19-11-7-6-10-18(19)22(26)25-12-8-5-9-13-25/h6-7,10-11,14,23-24H,5,8-9,12-13H2,1-4H3. The van der Waals surface area contributed by atoms with Gasteiger partial charge >= 0.3 is 0 Å². The lowest BCUT2D eigenvalue weighted by Crippen LogP contribution is -2.36. The Morgan fingerprint density at radius 1 is 0.906 bits per heavy atom. The van der Waals surface area contributed by atoms with Gasteiger partial charge in [0, 0.05) is 13.1 Å². The fraction of sp³-hybridized carbons (Fsp3) is 0.409. The van der Waals surface area contributed by atoms with Gasteiger partial charge in [-0.2, -0.15) is 0 Å². The van der Waals surface area contributed by atoms with Gasteiger partial charge in [0.05, 0.1) is 28.1 Å². The Kier molecular flexibility index (Phi) is 6.85. The lowest BCUT2D eigenvalue weighted by Gasteiger charge is -2.27. The van der Waals surface area contributed by atoms with Crippen molar-refractivity contribution < 1.29 is 21.6 Å². The molecular weight excluding hydrogens is 450 g/mol. The van der Waals surface area contributed by atoms with Gasteiger partial charge in [-0.25, -0.2) is 16.8 Å². The second-order valence-corrected chi connectivity index (χ2v) is 11.6. The number of hydrogen-bond donors (Lipinski definition) is 2. The molecule has 1 saturated heterocycles. The normalized spacial score (nSPS) is 14.8. The molecule has 10 heteroatoms. The highest BCUT2D eigenvalue weighted by molar-refractivity contribution is 7.93. The molecule has 1 fully saturated rings. The van der Waals surface area contributed by atoms with E-state index in [2.05, 4.69) is 9.44 Å². The first kappa shape index (κ1) is 24.1. The molecule has 0 aliphatic carbocycles. The second kappa shape index (κ2) is 9.11. The number of nitrogens with one attached hydrogen (secondary N) is 2. The summed E-state index contributed by atoms with van der Waals surface area (Å²) >= 11 is 0. The van der Waals surface area contributed by atoms with Gasteiger partial charge in [-0.15, -0.1) is 0 Å². The highest BCUT2D eigenvalue weighted by Crippen LogP contribution is 2.32. The zero-order valence-electron chi connectivity index (χ0n) is 18.7. The van der Waals surface area contributed by atoms with Crippen LogP contribution in [0.25, 0.3) is 0 Å². The summed E-state index contributed by atoms with van der Waals surface area (Å²) < 4.78 is 55.4. The van der Waals surface area contributed by atoms with E-state index >= 15 is 0 Å². The topological polar surface area (TPSA) is 113 Å². The highest BCUT2D eigenvalue weighted by Gasteiger charge is 2.27. The number of piperidine rings is 1. The second-order valence-electron chi connectivity index (χ2n) is 8.22. The third kappa shape index (κ3) is 5.24. The number of aryl methyl sites for hydroxylation is 2. The Balaban J connectivity index is 2.03. The van der Waals surface area contributed by atoms with E-state index in [1.165, 1.54) is 0 Å². The van der Waals surface area contributed by atoms with E-state index in [0.717, 1.165) is 25.5 Å². The first-order valence-corrected chi connectivity index (χ1v) is 13.8. The van der Waals surface area contributed by atoms with Crippen LogP contribution in [-0.2, 0) is 20.0 Å². The third-order valence-corrected chi connectivity index (χ3v) is 7.73. The first-order valence-electron chi connectivity index (χ1n) is 10.4. The first-order chi connectivity index (χ1) is 14.9. The van der Waals surface area contributed by atoms with Crippen molar-refractivity contribution in [2.75, 3.05) is 28.8 Å². The van der Waals surface area contributed by atoms with Gasteiger partial charge in [-0.1, -0.05) is 18.2 Å². The van der Waals surface area contributed by atoms with Gasteiger partial charge < -0.3 is 4.90 Å². The van der Waals surface area contributed by atoms with Gasteiger partial charge in [-0.3, -0.25) is 14.2 Å². The van der Waals surface area contributed by atoms with Gasteiger partial charge in [-0.05, 0) is 68.9 Å². The SMILES string of the molecule is Cc1cc(C)c(S(=O)(=O)Nc2ccccc2C(=O)N2CCCCC2)c(C)c1NS(C)(=O)=O. The van der Waals surface area contributed by atoms with Crippen LogP contribution in [-0.4, -0.2) is 47.0 Å². The Labute approximate surface area is 190 Å². The molecule has 0 saturated carbocycles. The number of benzene rings is 2. The molecule has 0 spiro atoms. The predicted octanol–water partition coefficient (Wildman–Crippen LogP) is 3.41. The van der Waals surface area contributed by atoms with Crippen LogP contribution in [0.1, 0.15) is 46.3 Å². The maximum atomic E-state index is 13.4. The summed E-state index contributed by atoms with van der Waals surface area (Å²) in [6.07, 6.45) is 3.95. The minimum absolute atomic E-state index is 0.0190.